The van der Waals surface area contributed by atoms with Crippen LogP contribution in [0.1, 0.15) is 27.2 Å². The average Bonchev–Trinajstić information content (AvgIpc) is 2.28. The lowest BCUT2D eigenvalue weighted by Crippen LogP contribution is -2.53. The third-order valence-corrected chi connectivity index (χ3v) is 3.99. The lowest BCUT2D eigenvalue weighted by Gasteiger charge is -2.49. The minimum absolute atomic E-state index is 0.00279. The second-order valence-corrected chi connectivity index (χ2v) is 5.48. The van der Waals surface area contributed by atoms with Crippen LogP contribution < -0.4 is 5.32 Å². The van der Waals surface area contributed by atoms with Crippen molar-refractivity contribution >= 4 is 17.5 Å². The molecule has 0 spiro atoms. The van der Waals surface area contributed by atoms with Gasteiger partial charge < -0.3 is 5.32 Å². The fraction of sp³-hybridized carbons (Fsp3) is 0.500. The molecule has 0 aromatic carbocycles. The second kappa shape index (κ2) is 4.52. The highest BCUT2D eigenvalue weighted by Crippen LogP contribution is 2.51. The van der Waals surface area contributed by atoms with Gasteiger partial charge >= 0.3 is 0 Å². The van der Waals surface area contributed by atoms with Gasteiger partial charge in [-0.3, -0.25) is 9.59 Å². The summed E-state index contributed by atoms with van der Waals surface area (Å²) < 4.78 is 0. The maximum atomic E-state index is 12.1. The summed E-state index contributed by atoms with van der Waals surface area (Å²) in [5, 5.41) is 2.80. The third kappa shape index (κ3) is 2.15. The molecular formula is C14H18N2O2. The maximum Gasteiger partial charge on any atom is 0.229 e. The van der Waals surface area contributed by atoms with Gasteiger partial charge in [-0.15, -0.1) is 0 Å². The van der Waals surface area contributed by atoms with E-state index in [9.17, 15) is 9.59 Å². The number of carbonyl (C=O) groups is 2. The number of amides is 1. The number of nitrogens with zero attached hydrogens (tertiary/aromatic N) is 1. The number of pyridine rings is 1. The standard InChI is InChI=1S/C14H18N2O2/c1-9(17)10-8-11(14(10,2)3)13(18)16-12-6-4-5-7-15-12/h4-7,10-11H,8H2,1-3H3,(H,15,16,18). The van der Waals surface area contributed by atoms with Gasteiger partial charge in [-0.1, -0.05) is 19.9 Å². The molecule has 1 heterocycles. The Labute approximate surface area is 107 Å². The zero-order chi connectivity index (χ0) is 13.3. The fourth-order valence-electron chi connectivity index (χ4n) is 2.71. The van der Waals surface area contributed by atoms with E-state index in [-0.39, 0.29) is 28.9 Å². The highest BCUT2D eigenvalue weighted by Gasteiger charge is 2.53. The van der Waals surface area contributed by atoms with Crippen LogP contribution in [0.4, 0.5) is 5.82 Å². The third-order valence-electron chi connectivity index (χ3n) is 3.99. The first kappa shape index (κ1) is 12.7. The first-order valence-electron chi connectivity index (χ1n) is 6.15. The number of Topliss-reactive ketones (excluding diaryl/α,β-unsaturated/α-hetero) is 1. The van der Waals surface area contributed by atoms with Gasteiger partial charge in [0.15, 0.2) is 0 Å². The quantitative estimate of drug-likeness (QED) is 0.890. The van der Waals surface area contributed by atoms with Gasteiger partial charge in [0.25, 0.3) is 0 Å². The molecule has 1 aromatic heterocycles. The van der Waals surface area contributed by atoms with Crippen molar-refractivity contribution < 1.29 is 9.59 Å². The van der Waals surface area contributed by atoms with Crippen LogP contribution in [0.15, 0.2) is 24.4 Å². The zero-order valence-corrected chi connectivity index (χ0v) is 10.9. The lowest BCUT2D eigenvalue weighted by molar-refractivity contribution is -0.145. The highest BCUT2D eigenvalue weighted by molar-refractivity contribution is 5.95. The molecule has 96 valence electrons. The molecule has 2 rings (SSSR count). The minimum Gasteiger partial charge on any atom is -0.310 e. The molecule has 1 amide bonds. The Bertz CT molecular complexity index is 468. The molecule has 0 saturated heterocycles. The SMILES string of the molecule is CC(=O)C1CC(C(=O)Nc2ccccn2)C1(C)C. The van der Waals surface area contributed by atoms with Crippen LogP contribution in [0.5, 0.6) is 0 Å². The number of anilines is 1. The number of hydrogen-bond acceptors (Lipinski definition) is 3. The van der Waals surface area contributed by atoms with Crippen molar-refractivity contribution in [1.82, 2.24) is 4.98 Å². The Kier molecular flexibility index (Phi) is 3.20. The predicted octanol–water partition coefficient (Wildman–Crippen LogP) is 2.27. The van der Waals surface area contributed by atoms with E-state index in [1.807, 2.05) is 19.9 Å². The van der Waals surface area contributed by atoms with E-state index in [0.29, 0.717) is 12.2 Å². The van der Waals surface area contributed by atoms with E-state index in [1.54, 1.807) is 25.3 Å². The van der Waals surface area contributed by atoms with Crippen molar-refractivity contribution in [3.05, 3.63) is 24.4 Å². The minimum atomic E-state index is -0.259. The summed E-state index contributed by atoms with van der Waals surface area (Å²) in [7, 11) is 0. The molecule has 2 atom stereocenters. The fourth-order valence-corrected chi connectivity index (χ4v) is 2.71. The number of hydrogen-bond donors (Lipinski definition) is 1. The van der Waals surface area contributed by atoms with Gasteiger partial charge in [0.1, 0.15) is 11.6 Å². The predicted molar refractivity (Wildman–Crippen MR) is 68.9 cm³/mol. The van der Waals surface area contributed by atoms with Gasteiger partial charge in [0.2, 0.25) is 5.91 Å². The van der Waals surface area contributed by atoms with Gasteiger partial charge in [-0.05, 0) is 30.9 Å². The monoisotopic (exact) mass is 246 g/mol. The summed E-state index contributed by atoms with van der Waals surface area (Å²) in [4.78, 5) is 27.6. The van der Waals surface area contributed by atoms with Crippen LogP contribution in [0.2, 0.25) is 0 Å². The molecule has 1 N–H and O–H groups in total. The Morgan fingerprint density at radius 2 is 2.06 bits per heavy atom. The van der Waals surface area contributed by atoms with Crippen molar-refractivity contribution in [1.29, 1.82) is 0 Å². The topological polar surface area (TPSA) is 59.1 Å². The Hall–Kier alpha value is -1.71. The lowest BCUT2D eigenvalue weighted by atomic mass is 9.53. The van der Waals surface area contributed by atoms with Crippen molar-refractivity contribution in [2.24, 2.45) is 17.3 Å². The van der Waals surface area contributed by atoms with Crippen molar-refractivity contribution in [2.45, 2.75) is 27.2 Å². The number of carbonyl (C=O) groups excluding carboxylic acids is 2. The Morgan fingerprint density at radius 3 is 2.56 bits per heavy atom. The second-order valence-electron chi connectivity index (χ2n) is 5.48. The van der Waals surface area contributed by atoms with Gasteiger partial charge in [-0.2, -0.15) is 0 Å². The van der Waals surface area contributed by atoms with Crippen molar-refractivity contribution in [3.63, 3.8) is 0 Å². The summed E-state index contributed by atoms with van der Waals surface area (Å²) in [5.41, 5.74) is -0.259. The molecule has 1 aliphatic rings. The van der Waals surface area contributed by atoms with E-state index >= 15 is 0 Å². The van der Waals surface area contributed by atoms with Crippen LogP contribution in [0.3, 0.4) is 0 Å². The smallest absolute Gasteiger partial charge is 0.229 e. The number of rotatable bonds is 3. The zero-order valence-electron chi connectivity index (χ0n) is 10.9. The van der Waals surface area contributed by atoms with Crippen LogP contribution in [-0.4, -0.2) is 16.7 Å². The van der Waals surface area contributed by atoms with E-state index in [4.69, 9.17) is 0 Å². The number of ketones is 1. The van der Waals surface area contributed by atoms with Crippen LogP contribution in [-0.2, 0) is 9.59 Å². The molecule has 0 bridgehead atoms. The normalized spacial score (nSPS) is 25.1. The summed E-state index contributed by atoms with van der Waals surface area (Å²) in [6.07, 6.45) is 2.28. The molecule has 0 aliphatic heterocycles. The molecular weight excluding hydrogens is 228 g/mol. The first-order chi connectivity index (χ1) is 8.43. The van der Waals surface area contributed by atoms with Crippen LogP contribution >= 0.6 is 0 Å². The van der Waals surface area contributed by atoms with Crippen molar-refractivity contribution in [2.75, 3.05) is 5.32 Å². The molecule has 1 fully saturated rings. The van der Waals surface area contributed by atoms with E-state index in [2.05, 4.69) is 10.3 Å². The first-order valence-corrected chi connectivity index (χ1v) is 6.15. The largest absolute Gasteiger partial charge is 0.310 e. The molecule has 1 saturated carbocycles. The van der Waals surface area contributed by atoms with Crippen LogP contribution in [0, 0.1) is 17.3 Å². The maximum absolute atomic E-state index is 12.1. The summed E-state index contributed by atoms with van der Waals surface area (Å²) in [5.74, 6) is 0.563. The molecule has 0 radical (unpaired) electrons. The molecule has 18 heavy (non-hydrogen) atoms. The van der Waals surface area contributed by atoms with Gasteiger partial charge in [-0.25, -0.2) is 4.98 Å². The molecule has 4 nitrogen and oxygen atoms in total. The molecule has 1 aliphatic carbocycles. The number of nitrogens with one attached hydrogen (secondary N) is 1. The van der Waals surface area contributed by atoms with E-state index < -0.39 is 0 Å². The van der Waals surface area contributed by atoms with Crippen molar-refractivity contribution in [3.8, 4) is 0 Å². The van der Waals surface area contributed by atoms with Gasteiger partial charge in [0, 0.05) is 18.0 Å². The molecule has 1 aromatic rings. The average molecular weight is 246 g/mol. The highest BCUT2D eigenvalue weighted by atomic mass is 16.2. The molecule has 4 heteroatoms. The van der Waals surface area contributed by atoms with Crippen LogP contribution in [0.25, 0.3) is 0 Å². The Morgan fingerprint density at radius 1 is 1.33 bits per heavy atom. The summed E-state index contributed by atoms with van der Waals surface area (Å²) >= 11 is 0. The van der Waals surface area contributed by atoms with E-state index in [1.165, 1.54) is 0 Å². The molecule has 2 unspecified atom stereocenters. The summed E-state index contributed by atoms with van der Waals surface area (Å²) in [6, 6.07) is 5.38. The summed E-state index contributed by atoms with van der Waals surface area (Å²) in [6.45, 7) is 5.55. The Balaban J connectivity index is 2.02. The van der Waals surface area contributed by atoms with E-state index in [0.717, 1.165) is 0 Å². The van der Waals surface area contributed by atoms with Gasteiger partial charge in [0.05, 0.1) is 0 Å². The number of aromatic nitrogens is 1.